The number of benzene rings is 3. The second kappa shape index (κ2) is 8.65. The van der Waals surface area contributed by atoms with Crippen LogP contribution in [0.15, 0.2) is 78.9 Å². The second-order valence-electron chi connectivity index (χ2n) is 7.25. The van der Waals surface area contributed by atoms with Gasteiger partial charge in [-0.15, -0.1) is 0 Å². The summed E-state index contributed by atoms with van der Waals surface area (Å²) in [4.78, 5) is 14.2. The first kappa shape index (κ1) is 20.1. The maximum Gasteiger partial charge on any atom is 0.235 e. The molecule has 0 bridgehead atoms. The fourth-order valence-corrected chi connectivity index (χ4v) is 3.75. The summed E-state index contributed by atoms with van der Waals surface area (Å²) in [7, 11) is 0. The van der Waals surface area contributed by atoms with E-state index in [4.69, 9.17) is 4.74 Å². The highest BCUT2D eigenvalue weighted by molar-refractivity contribution is 6.03. The van der Waals surface area contributed by atoms with Gasteiger partial charge in [0.1, 0.15) is 18.2 Å². The van der Waals surface area contributed by atoms with Gasteiger partial charge in [0, 0.05) is 5.69 Å². The molecule has 30 heavy (non-hydrogen) atoms. The van der Waals surface area contributed by atoms with Crippen molar-refractivity contribution in [3.05, 3.63) is 95.8 Å². The Labute approximate surface area is 174 Å². The van der Waals surface area contributed by atoms with Gasteiger partial charge in [-0.25, -0.2) is 4.39 Å². The zero-order valence-electron chi connectivity index (χ0n) is 16.2. The molecule has 0 saturated carbocycles. The van der Waals surface area contributed by atoms with Crippen LogP contribution >= 0.6 is 0 Å². The first-order valence-corrected chi connectivity index (χ1v) is 9.72. The third kappa shape index (κ3) is 3.92. The predicted octanol–water partition coefficient (Wildman–Crippen LogP) is 3.46. The van der Waals surface area contributed by atoms with Crippen LogP contribution in [0.5, 0.6) is 5.75 Å². The van der Waals surface area contributed by atoms with Crippen molar-refractivity contribution >= 4 is 11.6 Å². The minimum atomic E-state index is -1.17. The third-order valence-corrected chi connectivity index (χ3v) is 5.32. The molecule has 2 N–H and O–H groups in total. The van der Waals surface area contributed by atoms with Gasteiger partial charge in [-0.1, -0.05) is 42.5 Å². The third-order valence-electron chi connectivity index (χ3n) is 5.32. The molecule has 0 unspecified atom stereocenters. The van der Waals surface area contributed by atoms with E-state index in [1.165, 1.54) is 29.2 Å². The molecular weight excluding hydrogens is 385 g/mol. The summed E-state index contributed by atoms with van der Waals surface area (Å²) in [6, 6.07) is 22.3. The number of nitrogens with zero attached hydrogens (tertiary/aromatic N) is 1. The molecule has 0 aliphatic carbocycles. The molecule has 1 fully saturated rings. The van der Waals surface area contributed by atoms with Crippen molar-refractivity contribution in [1.29, 1.82) is 0 Å². The number of carbonyl (C=O) groups is 1. The Morgan fingerprint density at radius 1 is 0.967 bits per heavy atom. The number of ether oxygens (including phenoxy) is 1. The fourth-order valence-electron chi connectivity index (χ4n) is 3.75. The van der Waals surface area contributed by atoms with Crippen molar-refractivity contribution in [2.24, 2.45) is 5.92 Å². The summed E-state index contributed by atoms with van der Waals surface area (Å²) < 4.78 is 19.1. The fraction of sp³-hybridized carbons (Fsp3) is 0.208. The summed E-state index contributed by atoms with van der Waals surface area (Å²) in [5.74, 6) is -0.787. The van der Waals surface area contributed by atoms with E-state index in [0.29, 0.717) is 18.0 Å². The normalized spacial score (nSPS) is 19.3. The highest BCUT2D eigenvalue weighted by atomic mass is 19.1. The van der Waals surface area contributed by atoms with Gasteiger partial charge in [-0.3, -0.25) is 4.79 Å². The predicted molar refractivity (Wildman–Crippen MR) is 110 cm³/mol. The van der Waals surface area contributed by atoms with E-state index < -0.39 is 30.5 Å². The largest absolute Gasteiger partial charge is 0.489 e. The molecule has 154 valence electrons. The van der Waals surface area contributed by atoms with Crippen LogP contribution in [-0.2, 0) is 11.4 Å². The average Bonchev–Trinajstić information content (AvgIpc) is 2.78. The molecule has 6 heteroatoms. The van der Waals surface area contributed by atoms with E-state index in [-0.39, 0.29) is 5.91 Å². The van der Waals surface area contributed by atoms with Gasteiger partial charge < -0.3 is 19.8 Å². The summed E-state index contributed by atoms with van der Waals surface area (Å²) in [6.07, 6.45) is -1.17. The minimum Gasteiger partial charge on any atom is -0.489 e. The molecule has 5 nitrogen and oxygen atoms in total. The van der Waals surface area contributed by atoms with Crippen molar-refractivity contribution in [2.45, 2.75) is 18.8 Å². The lowest BCUT2D eigenvalue weighted by Gasteiger charge is -2.49. The van der Waals surface area contributed by atoms with E-state index in [2.05, 4.69) is 0 Å². The number of amides is 1. The number of aliphatic hydroxyl groups excluding tert-OH is 2. The number of β-lactam (4-membered cyclic amide) rings is 1. The SMILES string of the molecule is O=C1[C@@H]([C@H](O)CO)[C@@H](c2ccc(OCc3ccccc3)cc2)N1c1ccc(F)cc1. The Bertz CT molecular complexity index is 992. The van der Waals surface area contributed by atoms with E-state index in [1.807, 2.05) is 54.6 Å². The van der Waals surface area contributed by atoms with Crippen LogP contribution in [0.25, 0.3) is 0 Å². The molecule has 1 aliphatic rings. The highest BCUT2D eigenvalue weighted by Crippen LogP contribution is 2.45. The smallest absolute Gasteiger partial charge is 0.235 e. The van der Waals surface area contributed by atoms with E-state index in [0.717, 1.165) is 11.1 Å². The summed E-state index contributed by atoms with van der Waals surface area (Å²) >= 11 is 0. The first-order valence-electron chi connectivity index (χ1n) is 9.72. The molecule has 1 saturated heterocycles. The highest BCUT2D eigenvalue weighted by Gasteiger charge is 2.52. The lowest BCUT2D eigenvalue weighted by molar-refractivity contribution is -0.137. The number of anilines is 1. The number of hydrogen-bond donors (Lipinski definition) is 2. The summed E-state index contributed by atoms with van der Waals surface area (Å²) in [6.45, 7) is -0.0713. The topological polar surface area (TPSA) is 70.0 Å². The van der Waals surface area contributed by atoms with Crippen LogP contribution in [0.2, 0.25) is 0 Å². The van der Waals surface area contributed by atoms with Crippen LogP contribution in [-0.4, -0.2) is 28.8 Å². The zero-order valence-corrected chi connectivity index (χ0v) is 16.2. The molecule has 4 rings (SSSR count). The molecule has 0 spiro atoms. The van der Waals surface area contributed by atoms with Gasteiger partial charge in [0.2, 0.25) is 5.91 Å². The maximum absolute atomic E-state index is 13.3. The van der Waals surface area contributed by atoms with Gasteiger partial charge in [-0.2, -0.15) is 0 Å². The van der Waals surface area contributed by atoms with Crippen molar-refractivity contribution in [2.75, 3.05) is 11.5 Å². The van der Waals surface area contributed by atoms with E-state index >= 15 is 0 Å². The quantitative estimate of drug-likeness (QED) is 0.589. The maximum atomic E-state index is 13.3. The van der Waals surface area contributed by atoms with Crippen molar-refractivity contribution in [1.82, 2.24) is 0 Å². The van der Waals surface area contributed by atoms with Crippen molar-refractivity contribution < 1.29 is 24.1 Å². The zero-order chi connectivity index (χ0) is 21.1. The van der Waals surface area contributed by atoms with E-state index in [9.17, 15) is 19.4 Å². The first-order chi connectivity index (χ1) is 14.6. The van der Waals surface area contributed by atoms with Crippen molar-refractivity contribution in [3.8, 4) is 5.75 Å². The number of carbonyl (C=O) groups excluding carboxylic acids is 1. The minimum absolute atomic E-state index is 0.308. The monoisotopic (exact) mass is 407 g/mol. The average molecular weight is 407 g/mol. The molecule has 0 aromatic heterocycles. The molecule has 0 radical (unpaired) electrons. The molecule has 1 aliphatic heterocycles. The van der Waals surface area contributed by atoms with Gasteiger partial charge in [0.25, 0.3) is 0 Å². The lowest BCUT2D eigenvalue weighted by atomic mass is 9.78. The number of halogens is 1. The van der Waals surface area contributed by atoms with Gasteiger partial charge >= 0.3 is 0 Å². The van der Waals surface area contributed by atoms with Crippen LogP contribution < -0.4 is 9.64 Å². The summed E-state index contributed by atoms with van der Waals surface area (Å²) in [5, 5.41) is 19.5. The Balaban J connectivity index is 1.55. The van der Waals surface area contributed by atoms with Crippen molar-refractivity contribution in [3.63, 3.8) is 0 Å². The van der Waals surface area contributed by atoms with Gasteiger partial charge in [-0.05, 0) is 47.5 Å². The van der Waals surface area contributed by atoms with Gasteiger partial charge in [0.15, 0.2) is 0 Å². The number of rotatable bonds is 7. The Kier molecular flexibility index (Phi) is 5.79. The summed E-state index contributed by atoms with van der Waals surface area (Å²) in [5.41, 5.74) is 2.39. The second-order valence-corrected chi connectivity index (χ2v) is 7.25. The van der Waals surface area contributed by atoms with Gasteiger partial charge in [0.05, 0.1) is 24.7 Å². The lowest BCUT2D eigenvalue weighted by Crippen LogP contribution is -2.60. The number of aliphatic hydroxyl groups is 2. The number of hydrogen-bond acceptors (Lipinski definition) is 4. The Morgan fingerprint density at radius 3 is 2.27 bits per heavy atom. The standard InChI is InChI=1S/C24H22FNO4/c25-18-8-10-19(11-9-18)26-23(22(24(26)29)21(28)14-27)17-6-12-20(13-7-17)30-15-16-4-2-1-3-5-16/h1-13,21-23,27-28H,14-15H2/t21-,22+,23-/m1/s1. The Hall–Kier alpha value is -3.22. The molecule has 3 aromatic rings. The molecule has 3 atom stereocenters. The molecule has 3 aromatic carbocycles. The molecular formula is C24H22FNO4. The van der Waals surface area contributed by atoms with Crippen LogP contribution in [0.1, 0.15) is 17.2 Å². The van der Waals surface area contributed by atoms with E-state index in [1.54, 1.807) is 0 Å². The van der Waals surface area contributed by atoms with Crippen LogP contribution in [0.3, 0.4) is 0 Å². The Morgan fingerprint density at radius 2 is 1.63 bits per heavy atom. The van der Waals surface area contributed by atoms with Crippen LogP contribution in [0.4, 0.5) is 10.1 Å². The molecule has 1 amide bonds. The van der Waals surface area contributed by atoms with Crippen LogP contribution in [0, 0.1) is 11.7 Å². The molecule has 1 heterocycles.